The minimum atomic E-state index is 0.0810. The van der Waals surface area contributed by atoms with Gasteiger partial charge in [0, 0.05) is 32.7 Å². The highest BCUT2D eigenvalue weighted by Crippen LogP contribution is 2.12. The summed E-state index contributed by atoms with van der Waals surface area (Å²) >= 11 is 0. The lowest BCUT2D eigenvalue weighted by molar-refractivity contribution is -0.128. The standard InChI is InChI=1S/C18H22N2O/c1-15(21)20(2)14-17-9-6-10-18(13-17)19-12-11-16-7-4-3-5-8-16/h3-10,13,19H,11-12,14H2,1-2H3. The summed E-state index contributed by atoms with van der Waals surface area (Å²) in [7, 11) is 1.82. The fourth-order valence-corrected chi connectivity index (χ4v) is 2.16. The Bertz CT molecular complexity index is 581. The van der Waals surface area contributed by atoms with E-state index in [9.17, 15) is 4.79 Å². The number of anilines is 1. The van der Waals surface area contributed by atoms with Crippen LogP contribution in [0.25, 0.3) is 0 Å². The topological polar surface area (TPSA) is 32.3 Å². The molecule has 0 aliphatic heterocycles. The van der Waals surface area contributed by atoms with Crippen molar-refractivity contribution in [3.8, 4) is 0 Å². The minimum Gasteiger partial charge on any atom is -0.385 e. The third kappa shape index (κ3) is 4.95. The van der Waals surface area contributed by atoms with Gasteiger partial charge < -0.3 is 10.2 Å². The van der Waals surface area contributed by atoms with E-state index in [1.165, 1.54) is 5.56 Å². The molecule has 110 valence electrons. The van der Waals surface area contributed by atoms with Crippen molar-refractivity contribution in [1.82, 2.24) is 4.90 Å². The van der Waals surface area contributed by atoms with Crippen molar-refractivity contribution in [2.45, 2.75) is 19.9 Å². The molecule has 0 bridgehead atoms. The van der Waals surface area contributed by atoms with E-state index in [1.54, 1.807) is 11.8 Å². The molecule has 0 atom stereocenters. The summed E-state index contributed by atoms with van der Waals surface area (Å²) in [5.74, 6) is 0.0810. The van der Waals surface area contributed by atoms with Crippen LogP contribution in [-0.4, -0.2) is 24.4 Å². The number of carbonyl (C=O) groups is 1. The molecule has 0 aliphatic rings. The van der Waals surface area contributed by atoms with Crippen molar-refractivity contribution in [2.24, 2.45) is 0 Å². The third-order valence-electron chi connectivity index (χ3n) is 3.47. The number of nitrogens with zero attached hydrogens (tertiary/aromatic N) is 1. The normalized spacial score (nSPS) is 10.2. The number of hydrogen-bond donors (Lipinski definition) is 1. The van der Waals surface area contributed by atoms with Crippen LogP contribution in [-0.2, 0) is 17.8 Å². The van der Waals surface area contributed by atoms with Crippen molar-refractivity contribution in [1.29, 1.82) is 0 Å². The summed E-state index contributed by atoms with van der Waals surface area (Å²) in [5, 5.41) is 3.43. The monoisotopic (exact) mass is 282 g/mol. The maximum atomic E-state index is 11.3. The highest BCUT2D eigenvalue weighted by atomic mass is 16.2. The molecule has 1 N–H and O–H groups in total. The summed E-state index contributed by atoms with van der Waals surface area (Å²) in [6, 6.07) is 18.7. The Morgan fingerprint density at radius 3 is 2.48 bits per heavy atom. The number of amides is 1. The fourth-order valence-electron chi connectivity index (χ4n) is 2.16. The predicted octanol–water partition coefficient (Wildman–Crippen LogP) is 3.32. The Hall–Kier alpha value is -2.29. The Kier molecular flexibility index (Phi) is 5.38. The van der Waals surface area contributed by atoms with E-state index in [1.807, 2.05) is 25.2 Å². The Morgan fingerprint density at radius 2 is 1.76 bits per heavy atom. The predicted molar refractivity (Wildman–Crippen MR) is 87.2 cm³/mol. The molecule has 3 heteroatoms. The van der Waals surface area contributed by atoms with Gasteiger partial charge in [0.1, 0.15) is 0 Å². The molecular weight excluding hydrogens is 260 g/mol. The first-order valence-electron chi connectivity index (χ1n) is 7.23. The summed E-state index contributed by atoms with van der Waals surface area (Å²) in [5.41, 5.74) is 3.57. The van der Waals surface area contributed by atoms with Crippen LogP contribution < -0.4 is 5.32 Å². The van der Waals surface area contributed by atoms with Crippen molar-refractivity contribution in [3.05, 3.63) is 65.7 Å². The van der Waals surface area contributed by atoms with Gasteiger partial charge in [0.05, 0.1) is 0 Å². The summed E-state index contributed by atoms with van der Waals surface area (Å²) in [6.07, 6.45) is 0.998. The maximum absolute atomic E-state index is 11.3. The molecule has 2 aromatic rings. The molecule has 0 fully saturated rings. The third-order valence-corrected chi connectivity index (χ3v) is 3.47. The van der Waals surface area contributed by atoms with E-state index in [0.717, 1.165) is 24.2 Å². The van der Waals surface area contributed by atoms with Crippen molar-refractivity contribution in [2.75, 3.05) is 18.9 Å². The molecule has 0 radical (unpaired) electrons. The molecule has 0 heterocycles. The van der Waals surface area contributed by atoms with Gasteiger partial charge in [0.25, 0.3) is 0 Å². The first-order chi connectivity index (χ1) is 10.1. The number of hydrogen-bond acceptors (Lipinski definition) is 2. The number of benzene rings is 2. The second-order valence-electron chi connectivity index (χ2n) is 5.24. The molecule has 0 aromatic heterocycles. The Labute approximate surface area is 126 Å². The summed E-state index contributed by atoms with van der Waals surface area (Å²) in [4.78, 5) is 13.0. The zero-order valence-electron chi connectivity index (χ0n) is 12.7. The Morgan fingerprint density at radius 1 is 1.05 bits per heavy atom. The Balaban J connectivity index is 1.87. The highest BCUT2D eigenvalue weighted by Gasteiger charge is 2.03. The van der Waals surface area contributed by atoms with Gasteiger partial charge in [0.15, 0.2) is 0 Å². The molecule has 2 aromatic carbocycles. The molecule has 0 unspecified atom stereocenters. The quantitative estimate of drug-likeness (QED) is 0.881. The molecule has 0 saturated carbocycles. The van der Waals surface area contributed by atoms with Crippen LogP contribution in [0.1, 0.15) is 18.1 Å². The van der Waals surface area contributed by atoms with Crippen molar-refractivity contribution in [3.63, 3.8) is 0 Å². The van der Waals surface area contributed by atoms with Crippen molar-refractivity contribution >= 4 is 11.6 Å². The van der Waals surface area contributed by atoms with Gasteiger partial charge in [-0.1, -0.05) is 42.5 Å². The lowest BCUT2D eigenvalue weighted by Gasteiger charge is -2.15. The van der Waals surface area contributed by atoms with E-state index in [0.29, 0.717) is 6.54 Å². The summed E-state index contributed by atoms with van der Waals surface area (Å²) in [6.45, 7) is 3.13. The fraction of sp³-hybridized carbons (Fsp3) is 0.278. The molecule has 0 spiro atoms. The minimum absolute atomic E-state index is 0.0810. The van der Waals surface area contributed by atoms with Gasteiger partial charge in [-0.15, -0.1) is 0 Å². The average molecular weight is 282 g/mol. The average Bonchev–Trinajstić information content (AvgIpc) is 2.48. The molecule has 0 aliphatic carbocycles. The lowest BCUT2D eigenvalue weighted by atomic mass is 10.1. The number of carbonyl (C=O) groups excluding carboxylic acids is 1. The highest BCUT2D eigenvalue weighted by molar-refractivity contribution is 5.72. The first kappa shape index (κ1) is 15.1. The zero-order valence-corrected chi connectivity index (χ0v) is 12.7. The van der Waals surface area contributed by atoms with Gasteiger partial charge in [0.2, 0.25) is 5.91 Å². The first-order valence-corrected chi connectivity index (χ1v) is 7.23. The van der Waals surface area contributed by atoms with Gasteiger partial charge in [-0.3, -0.25) is 4.79 Å². The van der Waals surface area contributed by atoms with Crippen LogP contribution in [0.2, 0.25) is 0 Å². The molecular formula is C18H22N2O. The van der Waals surface area contributed by atoms with Gasteiger partial charge >= 0.3 is 0 Å². The van der Waals surface area contributed by atoms with Gasteiger partial charge in [-0.05, 0) is 29.7 Å². The van der Waals surface area contributed by atoms with Crippen LogP contribution in [0.15, 0.2) is 54.6 Å². The number of rotatable bonds is 6. The van der Waals surface area contributed by atoms with E-state index in [-0.39, 0.29) is 5.91 Å². The van der Waals surface area contributed by atoms with E-state index >= 15 is 0 Å². The van der Waals surface area contributed by atoms with Gasteiger partial charge in [-0.2, -0.15) is 0 Å². The number of nitrogens with one attached hydrogen (secondary N) is 1. The SMILES string of the molecule is CC(=O)N(C)Cc1cccc(NCCc2ccccc2)c1. The van der Waals surface area contributed by atoms with Crippen LogP contribution in [0.4, 0.5) is 5.69 Å². The summed E-state index contributed by atoms with van der Waals surface area (Å²) < 4.78 is 0. The largest absolute Gasteiger partial charge is 0.385 e. The van der Waals surface area contributed by atoms with Crippen LogP contribution >= 0.6 is 0 Å². The zero-order chi connectivity index (χ0) is 15.1. The van der Waals surface area contributed by atoms with Crippen LogP contribution in [0, 0.1) is 0 Å². The van der Waals surface area contributed by atoms with Crippen LogP contribution in [0.5, 0.6) is 0 Å². The smallest absolute Gasteiger partial charge is 0.219 e. The van der Waals surface area contributed by atoms with E-state index in [2.05, 4.69) is 41.7 Å². The molecule has 1 amide bonds. The second-order valence-corrected chi connectivity index (χ2v) is 5.24. The lowest BCUT2D eigenvalue weighted by Crippen LogP contribution is -2.23. The van der Waals surface area contributed by atoms with E-state index in [4.69, 9.17) is 0 Å². The van der Waals surface area contributed by atoms with Crippen LogP contribution in [0.3, 0.4) is 0 Å². The molecule has 2 rings (SSSR count). The molecule has 0 saturated heterocycles. The van der Waals surface area contributed by atoms with E-state index < -0.39 is 0 Å². The molecule has 3 nitrogen and oxygen atoms in total. The van der Waals surface area contributed by atoms with Crippen molar-refractivity contribution < 1.29 is 4.79 Å². The molecule has 21 heavy (non-hydrogen) atoms. The maximum Gasteiger partial charge on any atom is 0.219 e. The second kappa shape index (κ2) is 7.48. The van der Waals surface area contributed by atoms with Gasteiger partial charge in [-0.25, -0.2) is 0 Å².